The van der Waals surface area contributed by atoms with Gasteiger partial charge in [0.15, 0.2) is 5.01 Å². The molecule has 0 bridgehead atoms. The van der Waals surface area contributed by atoms with Crippen LogP contribution in [0, 0.1) is 6.92 Å². The monoisotopic (exact) mass is 303 g/mol. The number of rotatable bonds is 3. The van der Waals surface area contributed by atoms with Crippen LogP contribution in [0.1, 0.15) is 27.1 Å². The number of benzene rings is 1. The van der Waals surface area contributed by atoms with E-state index in [-0.39, 0.29) is 4.88 Å². The summed E-state index contributed by atoms with van der Waals surface area (Å²) in [5, 5.41) is 9.22. The third-order valence-electron chi connectivity index (χ3n) is 2.72. The summed E-state index contributed by atoms with van der Waals surface area (Å²) in [6.07, 6.45) is -4.66. The Morgan fingerprint density at radius 3 is 2.60 bits per heavy atom. The fourth-order valence-corrected chi connectivity index (χ4v) is 2.53. The van der Waals surface area contributed by atoms with Gasteiger partial charge in [-0.2, -0.15) is 13.2 Å². The standard InChI is InChI=1S/C13H12F3NO2S/c1-7-3-4-8(9(5-7)19-2)11(18)10-6-17-12(20-10)13(14,15)16/h3-6,11,18H,1-2H3. The van der Waals surface area contributed by atoms with Crippen molar-refractivity contribution in [3.8, 4) is 5.75 Å². The SMILES string of the molecule is COc1cc(C)ccc1C(O)c1cnc(C(F)(F)F)s1. The van der Waals surface area contributed by atoms with E-state index in [0.29, 0.717) is 22.6 Å². The van der Waals surface area contributed by atoms with Crippen LogP contribution in [0.25, 0.3) is 0 Å². The van der Waals surface area contributed by atoms with Crippen molar-refractivity contribution >= 4 is 11.3 Å². The minimum absolute atomic E-state index is 0.125. The van der Waals surface area contributed by atoms with Crippen LogP contribution in [0.15, 0.2) is 24.4 Å². The Kier molecular flexibility index (Phi) is 4.01. The van der Waals surface area contributed by atoms with E-state index in [1.165, 1.54) is 7.11 Å². The molecule has 1 unspecified atom stereocenters. The summed E-state index contributed by atoms with van der Waals surface area (Å²) < 4.78 is 42.7. The molecular weight excluding hydrogens is 291 g/mol. The van der Waals surface area contributed by atoms with Crippen LogP contribution in [0.4, 0.5) is 13.2 Å². The number of aliphatic hydroxyl groups is 1. The predicted octanol–water partition coefficient (Wildman–Crippen LogP) is 3.56. The number of nitrogens with zero attached hydrogens (tertiary/aromatic N) is 1. The first-order valence-electron chi connectivity index (χ1n) is 5.68. The number of methoxy groups -OCH3 is 1. The molecule has 1 aromatic heterocycles. The highest BCUT2D eigenvalue weighted by molar-refractivity contribution is 7.11. The van der Waals surface area contributed by atoms with Crippen LogP contribution >= 0.6 is 11.3 Å². The van der Waals surface area contributed by atoms with E-state index in [9.17, 15) is 18.3 Å². The predicted molar refractivity (Wildman–Crippen MR) is 68.9 cm³/mol. The van der Waals surface area contributed by atoms with E-state index < -0.39 is 17.3 Å². The third-order valence-corrected chi connectivity index (χ3v) is 3.81. The second kappa shape index (κ2) is 5.41. The van der Waals surface area contributed by atoms with Gasteiger partial charge in [0.1, 0.15) is 11.9 Å². The average Bonchev–Trinajstić information content (AvgIpc) is 2.87. The van der Waals surface area contributed by atoms with Crippen LogP contribution < -0.4 is 4.74 Å². The summed E-state index contributed by atoms with van der Waals surface area (Å²) in [6.45, 7) is 1.85. The second-order valence-corrected chi connectivity index (χ2v) is 5.28. The number of halogens is 3. The molecule has 0 amide bonds. The van der Waals surface area contributed by atoms with Crippen LogP contribution in [0.2, 0.25) is 0 Å². The number of alkyl halides is 3. The van der Waals surface area contributed by atoms with Gasteiger partial charge in [-0.05, 0) is 18.6 Å². The normalized spacial score (nSPS) is 13.3. The van der Waals surface area contributed by atoms with Crippen molar-refractivity contribution < 1.29 is 23.0 Å². The Bertz CT molecular complexity index is 610. The summed E-state index contributed by atoms with van der Waals surface area (Å²) in [4.78, 5) is 3.42. The van der Waals surface area contributed by atoms with Gasteiger partial charge >= 0.3 is 6.18 Å². The van der Waals surface area contributed by atoms with Gasteiger partial charge in [-0.3, -0.25) is 0 Å². The molecule has 1 heterocycles. The summed E-state index contributed by atoms with van der Waals surface area (Å²) in [6, 6.07) is 5.10. The lowest BCUT2D eigenvalue weighted by atomic mass is 10.1. The molecule has 0 saturated heterocycles. The quantitative estimate of drug-likeness (QED) is 0.942. The molecule has 2 aromatic rings. The number of aliphatic hydroxyl groups excluding tert-OH is 1. The van der Waals surface area contributed by atoms with Gasteiger partial charge in [0.05, 0.1) is 12.0 Å². The van der Waals surface area contributed by atoms with Crippen molar-refractivity contribution in [1.82, 2.24) is 4.98 Å². The Morgan fingerprint density at radius 1 is 1.35 bits per heavy atom. The molecule has 2 rings (SSSR count). The first-order chi connectivity index (χ1) is 9.32. The Hall–Kier alpha value is -1.60. The number of hydrogen-bond acceptors (Lipinski definition) is 4. The molecule has 0 aliphatic rings. The van der Waals surface area contributed by atoms with Gasteiger partial charge in [-0.15, -0.1) is 11.3 Å². The minimum Gasteiger partial charge on any atom is -0.496 e. The summed E-state index contributed by atoms with van der Waals surface area (Å²) in [7, 11) is 1.44. The summed E-state index contributed by atoms with van der Waals surface area (Å²) in [5.41, 5.74) is 1.34. The molecular formula is C13H12F3NO2S. The molecule has 0 saturated carbocycles. The largest absolute Gasteiger partial charge is 0.496 e. The topological polar surface area (TPSA) is 42.4 Å². The molecule has 0 fully saturated rings. The number of hydrogen-bond donors (Lipinski definition) is 1. The zero-order valence-corrected chi connectivity index (χ0v) is 11.5. The van der Waals surface area contributed by atoms with E-state index in [4.69, 9.17) is 4.74 Å². The van der Waals surface area contributed by atoms with Crippen molar-refractivity contribution in [1.29, 1.82) is 0 Å². The highest BCUT2D eigenvalue weighted by Gasteiger charge is 2.35. The molecule has 7 heteroatoms. The van der Waals surface area contributed by atoms with Gasteiger partial charge in [-0.25, -0.2) is 4.98 Å². The second-order valence-electron chi connectivity index (χ2n) is 4.21. The number of aromatic nitrogens is 1. The first kappa shape index (κ1) is 14.8. The molecule has 1 N–H and O–H groups in total. The van der Waals surface area contributed by atoms with E-state index in [0.717, 1.165) is 11.8 Å². The van der Waals surface area contributed by atoms with Gasteiger partial charge in [0, 0.05) is 11.8 Å². The van der Waals surface area contributed by atoms with Crippen LogP contribution in [0.3, 0.4) is 0 Å². The molecule has 0 aliphatic carbocycles. The number of ether oxygens (including phenoxy) is 1. The highest BCUT2D eigenvalue weighted by atomic mass is 32.1. The Labute approximate surface area is 117 Å². The average molecular weight is 303 g/mol. The van der Waals surface area contributed by atoms with Gasteiger partial charge < -0.3 is 9.84 Å². The van der Waals surface area contributed by atoms with Crippen LogP contribution in [-0.4, -0.2) is 17.2 Å². The minimum atomic E-state index is -4.50. The molecule has 20 heavy (non-hydrogen) atoms. The van der Waals surface area contributed by atoms with Gasteiger partial charge in [-0.1, -0.05) is 12.1 Å². The first-order valence-corrected chi connectivity index (χ1v) is 6.50. The Morgan fingerprint density at radius 2 is 2.05 bits per heavy atom. The van der Waals surface area contributed by atoms with Gasteiger partial charge in [0.2, 0.25) is 0 Å². The fraction of sp³-hybridized carbons (Fsp3) is 0.308. The molecule has 1 atom stereocenters. The maximum absolute atomic E-state index is 12.5. The summed E-state index contributed by atoms with van der Waals surface area (Å²) in [5.74, 6) is 0.430. The number of thiazole rings is 1. The Balaban J connectivity index is 2.36. The maximum Gasteiger partial charge on any atom is 0.443 e. The van der Waals surface area contributed by atoms with Crippen molar-refractivity contribution in [2.45, 2.75) is 19.2 Å². The molecule has 108 valence electrons. The van der Waals surface area contributed by atoms with Gasteiger partial charge in [0.25, 0.3) is 0 Å². The number of aryl methyl sites for hydroxylation is 1. The smallest absolute Gasteiger partial charge is 0.443 e. The molecule has 0 spiro atoms. The van der Waals surface area contributed by atoms with Crippen LogP contribution in [-0.2, 0) is 6.18 Å². The van der Waals surface area contributed by atoms with Crippen LogP contribution in [0.5, 0.6) is 5.75 Å². The molecule has 3 nitrogen and oxygen atoms in total. The van der Waals surface area contributed by atoms with Crippen molar-refractivity contribution in [3.05, 3.63) is 45.4 Å². The zero-order valence-electron chi connectivity index (χ0n) is 10.7. The van der Waals surface area contributed by atoms with E-state index in [2.05, 4.69) is 4.98 Å². The summed E-state index contributed by atoms with van der Waals surface area (Å²) >= 11 is 0.424. The van der Waals surface area contributed by atoms with E-state index >= 15 is 0 Å². The molecule has 1 aromatic carbocycles. The van der Waals surface area contributed by atoms with E-state index in [1.807, 2.05) is 6.92 Å². The highest BCUT2D eigenvalue weighted by Crippen LogP contribution is 2.38. The fourth-order valence-electron chi connectivity index (χ4n) is 1.74. The third kappa shape index (κ3) is 2.94. The lowest BCUT2D eigenvalue weighted by Crippen LogP contribution is -2.03. The van der Waals surface area contributed by atoms with Crippen molar-refractivity contribution in [3.63, 3.8) is 0 Å². The maximum atomic E-state index is 12.5. The van der Waals surface area contributed by atoms with Crippen molar-refractivity contribution in [2.75, 3.05) is 7.11 Å². The lowest BCUT2D eigenvalue weighted by molar-refractivity contribution is -0.137. The van der Waals surface area contributed by atoms with E-state index in [1.54, 1.807) is 18.2 Å². The zero-order chi connectivity index (χ0) is 14.9. The lowest BCUT2D eigenvalue weighted by Gasteiger charge is -2.13. The molecule has 0 radical (unpaired) electrons. The molecule has 0 aliphatic heterocycles. The van der Waals surface area contributed by atoms with Crippen molar-refractivity contribution in [2.24, 2.45) is 0 Å².